The summed E-state index contributed by atoms with van der Waals surface area (Å²) < 4.78 is 0. The predicted octanol–water partition coefficient (Wildman–Crippen LogP) is 2.33. The van der Waals surface area contributed by atoms with E-state index in [1.165, 1.54) is 43.6 Å². The second kappa shape index (κ2) is 6.91. The molecule has 0 unspecified atom stereocenters. The van der Waals surface area contributed by atoms with Gasteiger partial charge in [-0.15, -0.1) is 0 Å². The summed E-state index contributed by atoms with van der Waals surface area (Å²) in [5.74, 6) is 0.747. The van der Waals surface area contributed by atoms with Gasteiger partial charge in [-0.2, -0.15) is 0 Å². The summed E-state index contributed by atoms with van der Waals surface area (Å²) in [6.07, 6.45) is 2.38. The highest BCUT2D eigenvalue weighted by molar-refractivity contribution is 5.23. The van der Waals surface area contributed by atoms with E-state index in [1.54, 1.807) is 0 Å². The fourth-order valence-corrected chi connectivity index (χ4v) is 2.54. The Morgan fingerprint density at radius 3 is 2.28 bits per heavy atom. The average molecular weight is 246 g/mol. The molecule has 1 heterocycles. The molecule has 0 aromatic heterocycles. The molecule has 0 aliphatic carbocycles. The SMILES string of the molecule is CC(C)Cc1ccc(CCN2CCNCC2)cc1. The maximum absolute atomic E-state index is 3.40. The molecule has 1 N–H and O–H groups in total. The number of benzene rings is 1. The number of hydrogen-bond acceptors (Lipinski definition) is 2. The normalized spacial score (nSPS) is 17.3. The Kier molecular flexibility index (Phi) is 5.21. The molecule has 0 spiro atoms. The van der Waals surface area contributed by atoms with Crippen LogP contribution in [-0.4, -0.2) is 37.6 Å². The summed E-state index contributed by atoms with van der Waals surface area (Å²) in [5.41, 5.74) is 2.94. The third-order valence-electron chi connectivity index (χ3n) is 3.59. The van der Waals surface area contributed by atoms with Crippen LogP contribution in [0.15, 0.2) is 24.3 Å². The van der Waals surface area contributed by atoms with Crippen molar-refractivity contribution in [2.24, 2.45) is 5.92 Å². The zero-order chi connectivity index (χ0) is 12.8. The number of nitrogens with zero attached hydrogens (tertiary/aromatic N) is 1. The molecular formula is C16H26N2. The molecule has 0 atom stereocenters. The van der Waals surface area contributed by atoms with Crippen LogP contribution in [0.4, 0.5) is 0 Å². The quantitative estimate of drug-likeness (QED) is 0.858. The topological polar surface area (TPSA) is 15.3 Å². The second-order valence-corrected chi connectivity index (χ2v) is 5.76. The van der Waals surface area contributed by atoms with Crippen LogP contribution in [0.5, 0.6) is 0 Å². The lowest BCUT2D eigenvalue weighted by Gasteiger charge is -2.27. The minimum Gasteiger partial charge on any atom is -0.314 e. The molecule has 18 heavy (non-hydrogen) atoms. The molecule has 1 aliphatic rings. The first-order valence-corrected chi connectivity index (χ1v) is 7.25. The fraction of sp³-hybridized carbons (Fsp3) is 0.625. The van der Waals surface area contributed by atoms with Gasteiger partial charge in [0.2, 0.25) is 0 Å². The lowest BCUT2D eigenvalue weighted by atomic mass is 10.0. The van der Waals surface area contributed by atoms with Crippen molar-refractivity contribution in [3.05, 3.63) is 35.4 Å². The molecule has 1 aromatic carbocycles. The van der Waals surface area contributed by atoms with Crippen molar-refractivity contribution >= 4 is 0 Å². The molecule has 1 aromatic rings. The third kappa shape index (κ3) is 4.43. The highest BCUT2D eigenvalue weighted by atomic mass is 15.2. The second-order valence-electron chi connectivity index (χ2n) is 5.76. The molecule has 2 nitrogen and oxygen atoms in total. The predicted molar refractivity (Wildman–Crippen MR) is 78.0 cm³/mol. The fourth-order valence-electron chi connectivity index (χ4n) is 2.54. The maximum Gasteiger partial charge on any atom is 0.0108 e. The van der Waals surface area contributed by atoms with Crippen molar-refractivity contribution in [3.63, 3.8) is 0 Å². The molecule has 1 fully saturated rings. The number of hydrogen-bond donors (Lipinski definition) is 1. The molecule has 1 saturated heterocycles. The van der Waals surface area contributed by atoms with Gasteiger partial charge < -0.3 is 10.2 Å². The first-order valence-electron chi connectivity index (χ1n) is 7.25. The van der Waals surface area contributed by atoms with Crippen molar-refractivity contribution in [1.82, 2.24) is 10.2 Å². The molecule has 0 amide bonds. The molecule has 0 radical (unpaired) electrons. The first kappa shape index (κ1) is 13.6. The number of nitrogens with one attached hydrogen (secondary N) is 1. The maximum atomic E-state index is 3.40. The van der Waals surface area contributed by atoms with Crippen LogP contribution < -0.4 is 5.32 Å². The van der Waals surface area contributed by atoms with Gasteiger partial charge in [-0.25, -0.2) is 0 Å². The average Bonchev–Trinajstić information content (AvgIpc) is 2.38. The minimum atomic E-state index is 0.747. The number of rotatable bonds is 5. The summed E-state index contributed by atoms with van der Waals surface area (Å²) in [5, 5.41) is 3.40. The van der Waals surface area contributed by atoms with Gasteiger partial charge in [0, 0.05) is 32.7 Å². The van der Waals surface area contributed by atoms with Gasteiger partial charge in [0.15, 0.2) is 0 Å². The smallest absolute Gasteiger partial charge is 0.0108 e. The van der Waals surface area contributed by atoms with E-state index in [0.29, 0.717) is 0 Å². The molecule has 1 aliphatic heterocycles. The van der Waals surface area contributed by atoms with Gasteiger partial charge in [0.05, 0.1) is 0 Å². The Morgan fingerprint density at radius 1 is 1.06 bits per heavy atom. The minimum absolute atomic E-state index is 0.747. The van der Waals surface area contributed by atoms with Gasteiger partial charge in [-0.3, -0.25) is 0 Å². The van der Waals surface area contributed by atoms with E-state index in [1.807, 2.05) is 0 Å². The Labute approximate surface area is 111 Å². The standard InChI is InChI=1S/C16H26N2/c1-14(2)13-16-5-3-15(4-6-16)7-10-18-11-8-17-9-12-18/h3-6,14,17H,7-13H2,1-2H3. The molecule has 100 valence electrons. The lowest BCUT2D eigenvalue weighted by Crippen LogP contribution is -2.44. The highest BCUT2D eigenvalue weighted by Crippen LogP contribution is 2.10. The van der Waals surface area contributed by atoms with E-state index in [2.05, 4.69) is 48.3 Å². The zero-order valence-electron chi connectivity index (χ0n) is 11.8. The van der Waals surface area contributed by atoms with E-state index in [-0.39, 0.29) is 0 Å². The molecular weight excluding hydrogens is 220 g/mol. The zero-order valence-corrected chi connectivity index (χ0v) is 11.8. The van der Waals surface area contributed by atoms with Crippen molar-refractivity contribution in [1.29, 1.82) is 0 Å². The summed E-state index contributed by atoms with van der Waals surface area (Å²) in [7, 11) is 0. The van der Waals surface area contributed by atoms with E-state index in [0.717, 1.165) is 19.0 Å². The van der Waals surface area contributed by atoms with Crippen molar-refractivity contribution in [3.8, 4) is 0 Å². The van der Waals surface area contributed by atoms with E-state index in [9.17, 15) is 0 Å². The van der Waals surface area contributed by atoms with Crippen LogP contribution in [0, 0.1) is 5.92 Å². The Hall–Kier alpha value is -0.860. The largest absolute Gasteiger partial charge is 0.314 e. The molecule has 2 rings (SSSR count). The summed E-state index contributed by atoms with van der Waals surface area (Å²) in [6.45, 7) is 10.4. The van der Waals surface area contributed by atoms with Crippen LogP contribution in [0.25, 0.3) is 0 Å². The molecule has 0 bridgehead atoms. The highest BCUT2D eigenvalue weighted by Gasteiger charge is 2.08. The summed E-state index contributed by atoms with van der Waals surface area (Å²) >= 11 is 0. The summed E-state index contributed by atoms with van der Waals surface area (Å²) in [4.78, 5) is 2.55. The van der Waals surface area contributed by atoms with E-state index < -0.39 is 0 Å². The van der Waals surface area contributed by atoms with Crippen LogP contribution >= 0.6 is 0 Å². The van der Waals surface area contributed by atoms with Crippen LogP contribution in [0.3, 0.4) is 0 Å². The van der Waals surface area contributed by atoms with Crippen molar-refractivity contribution in [2.75, 3.05) is 32.7 Å². The molecule has 2 heteroatoms. The Morgan fingerprint density at radius 2 is 1.67 bits per heavy atom. The summed E-state index contributed by atoms with van der Waals surface area (Å²) in [6, 6.07) is 9.21. The van der Waals surface area contributed by atoms with E-state index in [4.69, 9.17) is 0 Å². The van der Waals surface area contributed by atoms with Crippen LogP contribution in [-0.2, 0) is 12.8 Å². The van der Waals surface area contributed by atoms with Crippen molar-refractivity contribution in [2.45, 2.75) is 26.7 Å². The van der Waals surface area contributed by atoms with Gasteiger partial charge in [0.25, 0.3) is 0 Å². The molecule has 0 saturated carbocycles. The van der Waals surface area contributed by atoms with Crippen LogP contribution in [0.1, 0.15) is 25.0 Å². The van der Waals surface area contributed by atoms with Gasteiger partial charge in [-0.1, -0.05) is 38.1 Å². The van der Waals surface area contributed by atoms with Gasteiger partial charge in [-0.05, 0) is 29.9 Å². The third-order valence-corrected chi connectivity index (χ3v) is 3.59. The lowest BCUT2D eigenvalue weighted by molar-refractivity contribution is 0.244. The van der Waals surface area contributed by atoms with Crippen molar-refractivity contribution < 1.29 is 0 Å². The van der Waals surface area contributed by atoms with Gasteiger partial charge >= 0.3 is 0 Å². The van der Waals surface area contributed by atoms with Gasteiger partial charge in [0.1, 0.15) is 0 Å². The van der Waals surface area contributed by atoms with Crippen LogP contribution in [0.2, 0.25) is 0 Å². The number of piperazine rings is 1. The monoisotopic (exact) mass is 246 g/mol. The van der Waals surface area contributed by atoms with E-state index >= 15 is 0 Å². The Bertz CT molecular complexity index is 337. The first-order chi connectivity index (χ1) is 8.74. The Balaban J connectivity index is 1.78.